The van der Waals surface area contributed by atoms with Crippen molar-refractivity contribution in [2.45, 2.75) is 98.8 Å². The van der Waals surface area contributed by atoms with E-state index in [4.69, 9.17) is 77.4 Å². The summed E-state index contributed by atoms with van der Waals surface area (Å²) in [5, 5.41) is 25.1. The maximum absolute atomic E-state index is 12.6. The van der Waals surface area contributed by atoms with Crippen molar-refractivity contribution < 1.29 is 52.8 Å². The highest BCUT2D eigenvalue weighted by atomic mass is 35.6. The molecule has 60 heavy (non-hydrogen) atoms. The first-order chi connectivity index (χ1) is 28.7. The Morgan fingerprint density at radius 1 is 0.783 bits per heavy atom. The van der Waals surface area contributed by atoms with Gasteiger partial charge in [-0.3, -0.25) is 0 Å². The van der Waals surface area contributed by atoms with Crippen molar-refractivity contribution in [1.82, 2.24) is 0 Å². The third kappa shape index (κ3) is 12.2. The first-order valence-electron chi connectivity index (χ1n) is 20.2. The molecular formula is C46H61Cl3O11. The van der Waals surface area contributed by atoms with Crippen LogP contribution in [0.5, 0.6) is 11.5 Å². The number of halogens is 3. The van der Waals surface area contributed by atoms with Crippen LogP contribution >= 0.6 is 34.8 Å². The second-order valence-electron chi connectivity index (χ2n) is 16.2. The largest absolute Gasteiger partial charge is 0.497 e. The number of rotatable bonds is 22. The Morgan fingerprint density at radius 2 is 1.40 bits per heavy atom. The minimum atomic E-state index is -1.66. The zero-order chi connectivity index (χ0) is 43.4. The molecule has 2 aliphatic rings. The molecule has 2 bridgehead atoms. The molecule has 0 amide bonds. The first-order valence-corrected chi connectivity index (χ1v) is 21.4. The smallest absolute Gasteiger partial charge is 0.213 e. The molecule has 2 fully saturated rings. The van der Waals surface area contributed by atoms with Crippen molar-refractivity contribution in [3.05, 3.63) is 108 Å². The highest BCUT2D eigenvalue weighted by Crippen LogP contribution is 2.57. The number of hydrogen-bond acceptors (Lipinski definition) is 11. The monoisotopic (exact) mass is 894 g/mol. The lowest BCUT2D eigenvalue weighted by Crippen LogP contribution is -2.58. The Balaban J connectivity index is 1.64. The van der Waals surface area contributed by atoms with Crippen LogP contribution in [0.4, 0.5) is 0 Å². The molecule has 0 aromatic heterocycles. The Kier molecular flexibility index (Phi) is 18.0. The average molecular weight is 896 g/mol. The van der Waals surface area contributed by atoms with E-state index < -0.39 is 50.7 Å². The molecule has 11 nitrogen and oxygen atoms in total. The van der Waals surface area contributed by atoms with Crippen LogP contribution in [0.15, 0.2) is 91.5 Å². The van der Waals surface area contributed by atoms with E-state index in [1.54, 1.807) is 27.4 Å². The zero-order valence-electron chi connectivity index (χ0n) is 35.2. The summed E-state index contributed by atoms with van der Waals surface area (Å²) in [6.45, 7) is 8.29. The summed E-state index contributed by atoms with van der Waals surface area (Å²) in [5.74, 6) is 0.547. The lowest BCUT2D eigenvalue weighted by atomic mass is 9.67. The van der Waals surface area contributed by atoms with Crippen molar-refractivity contribution in [2.75, 3.05) is 48.1 Å². The molecule has 0 unspecified atom stereocenters. The third-order valence-electron chi connectivity index (χ3n) is 12.3. The van der Waals surface area contributed by atoms with E-state index in [9.17, 15) is 10.2 Å². The van der Waals surface area contributed by atoms with Gasteiger partial charge in [-0.25, -0.2) is 0 Å². The summed E-state index contributed by atoms with van der Waals surface area (Å²) >= 11 is 18.1. The van der Waals surface area contributed by atoms with Gasteiger partial charge in [-0.05, 0) is 78.5 Å². The van der Waals surface area contributed by atoms with Crippen LogP contribution in [0.1, 0.15) is 56.2 Å². The minimum Gasteiger partial charge on any atom is -0.497 e. The Labute approximate surface area is 370 Å². The third-order valence-corrected chi connectivity index (χ3v) is 12.6. The van der Waals surface area contributed by atoms with E-state index in [1.807, 2.05) is 92.7 Å². The number of fused-ring (bicyclic) bond motifs is 2. The van der Waals surface area contributed by atoms with Crippen LogP contribution in [-0.4, -0.2) is 97.8 Å². The van der Waals surface area contributed by atoms with Gasteiger partial charge in [0.25, 0.3) is 0 Å². The number of hydrogen-bond donors (Lipinski definition) is 2. The maximum atomic E-state index is 12.6. The van der Waals surface area contributed by atoms with Gasteiger partial charge < -0.3 is 52.8 Å². The van der Waals surface area contributed by atoms with Crippen molar-refractivity contribution >= 4 is 34.8 Å². The molecule has 0 spiro atoms. The van der Waals surface area contributed by atoms with Crippen molar-refractivity contribution in [3.63, 3.8) is 0 Å². The molecular weight excluding hydrogens is 835 g/mol. The van der Waals surface area contributed by atoms with Crippen LogP contribution in [0.3, 0.4) is 0 Å². The van der Waals surface area contributed by atoms with Crippen molar-refractivity contribution in [2.24, 2.45) is 17.3 Å². The van der Waals surface area contributed by atoms with Crippen LogP contribution in [-0.2, 0) is 53.0 Å². The molecule has 0 aliphatic heterocycles. The van der Waals surface area contributed by atoms with Crippen molar-refractivity contribution in [1.29, 1.82) is 0 Å². The molecule has 2 aliphatic carbocycles. The van der Waals surface area contributed by atoms with Gasteiger partial charge in [0.2, 0.25) is 3.79 Å². The van der Waals surface area contributed by atoms with Crippen LogP contribution in [0.25, 0.3) is 0 Å². The average Bonchev–Trinajstić information content (AvgIpc) is 3.49. The van der Waals surface area contributed by atoms with E-state index >= 15 is 0 Å². The van der Waals surface area contributed by atoms with Crippen molar-refractivity contribution in [3.8, 4) is 11.5 Å². The molecule has 0 heterocycles. The minimum absolute atomic E-state index is 0.00607. The number of alkyl halides is 3. The molecule has 3 aromatic rings. The summed E-state index contributed by atoms with van der Waals surface area (Å²) < 4.78 is 54.2. The highest BCUT2D eigenvalue weighted by Gasteiger charge is 2.63. The molecule has 0 radical (unpaired) electrons. The fraction of sp³-hybridized carbons (Fsp3) is 0.565. The lowest BCUT2D eigenvalue weighted by molar-refractivity contribution is -0.224. The van der Waals surface area contributed by atoms with Gasteiger partial charge in [0, 0.05) is 12.5 Å². The second-order valence-corrected chi connectivity index (χ2v) is 18.7. The van der Waals surface area contributed by atoms with Gasteiger partial charge in [0.15, 0.2) is 0 Å². The summed E-state index contributed by atoms with van der Waals surface area (Å²) in [6, 6.07) is 25.0. The van der Waals surface area contributed by atoms with Crippen LogP contribution in [0.2, 0.25) is 0 Å². The summed E-state index contributed by atoms with van der Waals surface area (Å²) in [4.78, 5) is 0. The van der Waals surface area contributed by atoms with E-state index in [2.05, 4.69) is 6.58 Å². The Hall–Kier alpha value is -2.49. The molecule has 3 aromatic carbocycles. The molecule has 2 N–H and O–H groups in total. The van der Waals surface area contributed by atoms with Gasteiger partial charge in [-0.1, -0.05) is 109 Å². The summed E-state index contributed by atoms with van der Waals surface area (Å²) in [7, 11) is 4.79. The SMILES string of the molecule is C=C[C@@H](OCc1ccc(OC)cc1)[C@](COCc1ccc(OC)cc1)(OCc1ccccc1)[C@@H]1C[C@H](OCOCC(Cl)(Cl)Cl)[C@H](OCOC)[C@H]2CC[C@@](O)([C@@H](O)C1)C2(C)C. The number of benzene rings is 3. The predicted octanol–water partition coefficient (Wildman–Crippen LogP) is 8.60. The molecule has 5 rings (SSSR count). The summed E-state index contributed by atoms with van der Waals surface area (Å²) in [6.07, 6.45) is -0.429. The topological polar surface area (TPSA) is 124 Å². The number of aliphatic hydroxyl groups excluding tert-OH is 1. The molecule has 2 saturated carbocycles. The molecule has 0 saturated heterocycles. The number of aliphatic hydroxyl groups is 2. The summed E-state index contributed by atoms with van der Waals surface area (Å²) in [5.41, 5.74) is -0.985. The van der Waals surface area contributed by atoms with Gasteiger partial charge in [0.1, 0.15) is 36.8 Å². The highest BCUT2D eigenvalue weighted by molar-refractivity contribution is 6.67. The quantitative estimate of drug-likeness (QED) is 0.0437. The standard InChI is InChI=1S/C46H61Cl3O11/c1-7-41(57-26-34-15-19-37(54-6)20-16-34)44(60-27-32-11-9-8-10-12-32,28-55-25-33-13-17-36(53-5)18-14-33)35-23-39(58-31-56-29-46(47,48)49)42(59-30-52-4)38-21-22-45(51,40(50)24-35)43(38,2)3/h7-20,35,38-42,50-51H,1,21-31H2,2-6H3/t35-,38-,39+,40+,41-,42-,44-,45-/m1/s1. The number of ether oxygens (including phenoxy) is 9. The fourth-order valence-corrected chi connectivity index (χ4v) is 9.07. The first kappa shape index (κ1) is 48.5. The van der Waals surface area contributed by atoms with E-state index in [-0.39, 0.29) is 65.4 Å². The van der Waals surface area contributed by atoms with Gasteiger partial charge >= 0.3 is 0 Å². The van der Waals surface area contributed by atoms with Gasteiger partial charge in [0.05, 0.1) is 71.2 Å². The zero-order valence-corrected chi connectivity index (χ0v) is 37.5. The second kappa shape index (κ2) is 22.2. The normalized spacial score (nSPS) is 25.7. The maximum Gasteiger partial charge on any atom is 0.213 e. The Morgan fingerprint density at radius 3 is 1.98 bits per heavy atom. The van der Waals surface area contributed by atoms with E-state index in [1.165, 1.54) is 0 Å². The Bertz CT molecular complexity index is 1730. The molecule has 332 valence electrons. The molecule has 8 atom stereocenters. The molecule has 14 heteroatoms. The predicted molar refractivity (Wildman–Crippen MR) is 231 cm³/mol. The van der Waals surface area contributed by atoms with Crippen LogP contribution < -0.4 is 9.47 Å². The van der Waals surface area contributed by atoms with Gasteiger partial charge in [-0.2, -0.15) is 0 Å². The lowest BCUT2D eigenvalue weighted by Gasteiger charge is -2.48. The number of methoxy groups -OCH3 is 3. The fourth-order valence-electron chi connectivity index (χ4n) is 8.84. The van der Waals surface area contributed by atoms with E-state index in [0.717, 1.165) is 28.2 Å². The van der Waals surface area contributed by atoms with Crippen LogP contribution in [0, 0.1) is 17.3 Å². The van der Waals surface area contributed by atoms with Gasteiger partial charge in [-0.15, -0.1) is 6.58 Å². The van der Waals surface area contributed by atoms with E-state index in [0.29, 0.717) is 12.8 Å².